The van der Waals surface area contributed by atoms with Gasteiger partial charge in [0.25, 0.3) is 5.56 Å². The van der Waals surface area contributed by atoms with Crippen molar-refractivity contribution in [3.05, 3.63) is 64.7 Å². The van der Waals surface area contributed by atoms with Crippen molar-refractivity contribution in [3.63, 3.8) is 0 Å². The number of benzene rings is 2. The summed E-state index contributed by atoms with van der Waals surface area (Å²) >= 11 is 0. The maximum Gasteiger partial charge on any atom is 0.399 e. The fraction of sp³-hybridized carbons (Fsp3) is 0.304. The molecule has 0 unspecified atom stereocenters. The summed E-state index contributed by atoms with van der Waals surface area (Å²) in [5.74, 6) is -2.29. The van der Waals surface area contributed by atoms with Crippen molar-refractivity contribution in [2.24, 2.45) is 5.73 Å². The van der Waals surface area contributed by atoms with Crippen molar-refractivity contribution >= 4 is 22.8 Å². The quantitative estimate of drug-likeness (QED) is 0.391. The summed E-state index contributed by atoms with van der Waals surface area (Å²) in [7, 11) is 1.61. The summed E-state index contributed by atoms with van der Waals surface area (Å²) in [5.41, 5.74) is 7.04. The molecule has 4 N–H and O–H groups in total. The van der Waals surface area contributed by atoms with E-state index in [-0.39, 0.29) is 5.56 Å². The van der Waals surface area contributed by atoms with E-state index < -0.39 is 37.1 Å². The molecule has 0 saturated carbocycles. The topological polar surface area (TPSA) is 145 Å². The first-order valence-corrected chi connectivity index (χ1v) is 10.5. The molecule has 0 bridgehead atoms. The van der Waals surface area contributed by atoms with Gasteiger partial charge in [0.2, 0.25) is 0 Å². The van der Waals surface area contributed by atoms with Gasteiger partial charge in [-0.1, -0.05) is 12.1 Å². The predicted molar refractivity (Wildman–Crippen MR) is 123 cm³/mol. The van der Waals surface area contributed by atoms with Gasteiger partial charge in [-0.25, -0.2) is 4.98 Å². The highest BCUT2D eigenvalue weighted by Crippen LogP contribution is 2.19. The minimum absolute atomic E-state index is 0.0841. The Kier molecular flexibility index (Phi) is 11.7. The van der Waals surface area contributed by atoms with Crippen LogP contribution in [0.4, 0.5) is 26.3 Å². The van der Waals surface area contributed by atoms with E-state index in [4.69, 9.17) is 20.7 Å². The third-order valence-corrected chi connectivity index (χ3v) is 4.25. The smallest absolute Gasteiger partial charge is 0.399 e. The number of fused-ring (bicyclic) bond motifs is 1. The van der Waals surface area contributed by atoms with Gasteiger partial charge in [0.15, 0.2) is 0 Å². The van der Waals surface area contributed by atoms with E-state index in [1.807, 2.05) is 42.5 Å². The number of carboxylic acids is 2. The second-order valence-corrected chi connectivity index (χ2v) is 7.29. The third kappa shape index (κ3) is 11.3. The largest absolute Gasteiger partial charge is 0.497 e. The zero-order valence-electron chi connectivity index (χ0n) is 19.7. The number of nitrogens with two attached hydrogens (primary N) is 1. The number of hydrogen-bond acceptors (Lipinski definition) is 6. The summed E-state index contributed by atoms with van der Waals surface area (Å²) in [6.07, 6.45) is -12.1. The number of aromatic nitrogens is 2. The first-order valence-electron chi connectivity index (χ1n) is 10.5. The number of ether oxygens (including phenoxy) is 1. The number of nitrogens with zero attached hydrogens (tertiary/aromatic N) is 2. The normalized spacial score (nSPS) is 11.1. The van der Waals surface area contributed by atoms with Crippen molar-refractivity contribution < 1.29 is 50.9 Å². The SMILES string of the molecule is COc1ccc(-n2c(CCN)nc3ccccc3c2=O)cc1.O=C(O)CC(F)(F)F.O=C(O)CC(F)(F)F. The monoisotopic (exact) mass is 551 g/mol. The number of carboxylic acid groups (broad SMARTS) is 2. The molecule has 38 heavy (non-hydrogen) atoms. The molecule has 3 aromatic rings. The van der Waals surface area contributed by atoms with Crippen LogP contribution in [-0.2, 0) is 16.0 Å². The lowest BCUT2D eigenvalue weighted by molar-refractivity contribution is -0.168. The Labute approximate surface area is 211 Å². The number of alkyl halides is 6. The van der Waals surface area contributed by atoms with E-state index >= 15 is 0 Å². The average Bonchev–Trinajstić information content (AvgIpc) is 2.77. The van der Waals surface area contributed by atoms with Gasteiger partial charge in [0, 0.05) is 6.42 Å². The summed E-state index contributed by atoms with van der Waals surface area (Å²) in [4.78, 5) is 36.0. The van der Waals surface area contributed by atoms with E-state index in [1.54, 1.807) is 17.7 Å². The van der Waals surface area contributed by atoms with Crippen LogP contribution >= 0.6 is 0 Å². The zero-order chi connectivity index (χ0) is 29.1. The van der Waals surface area contributed by atoms with Crippen LogP contribution in [0.2, 0.25) is 0 Å². The number of hydrogen-bond donors (Lipinski definition) is 3. The Morgan fingerprint density at radius 3 is 1.82 bits per heavy atom. The molecule has 0 spiro atoms. The third-order valence-electron chi connectivity index (χ3n) is 4.25. The predicted octanol–water partition coefficient (Wildman–Crippen LogP) is 3.94. The lowest BCUT2D eigenvalue weighted by Crippen LogP contribution is -2.25. The maximum atomic E-state index is 12.8. The van der Waals surface area contributed by atoms with Crippen molar-refractivity contribution in [1.82, 2.24) is 9.55 Å². The molecule has 0 radical (unpaired) electrons. The molecule has 208 valence electrons. The van der Waals surface area contributed by atoms with Crippen LogP contribution in [0.3, 0.4) is 0 Å². The molecule has 1 heterocycles. The van der Waals surface area contributed by atoms with Crippen molar-refractivity contribution in [3.8, 4) is 11.4 Å². The van der Waals surface area contributed by atoms with Crippen LogP contribution in [0.25, 0.3) is 16.6 Å². The zero-order valence-corrected chi connectivity index (χ0v) is 19.7. The number of methoxy groups -OCH3 is 1. The standard InChI is InChI=1S/C17H17N3O2.2C3H3F3O2/c1-22-13-8-6-12(7-9-13)20-16(10-11-18)19-15-5-3-2-4-14(15)17(20)21;2*4-3(5,6)1-2(7)8/h2-9H,10-11,18H2,1H3;2*1H2,(H,7,8). The molecule has 1 aromatic heterocycles. The molecule has 15 heteroatoms. The van der Waals surface area contributed by atoms with E-state index in [0.29, 0.717) is 29.7 Å². The lowest BCUT2D eigenvalue weighted by atomic mass is 10.2. The Balaban J connectivity index is 0.000000374. The van der Waals surface area contributed by atoms with Gasteiger partial charge in [0.05, 0.1) is 23.7 Å². The van der Waals surface area contributed by atoms with Crippen LogP contribution < -0.4 is 16.0 Å². The van der Waals surface area contributed by atoms with Crippen molar-refractivity contribution in [1.29, 1.82) is 0 Å². The fourth-order valence-corrected chi connectivity index (χ4v) is 2.82. The molecule has 0 aliphatic carbocycles. The Bertz CT molecular complexity index is 1250. The Hall–Kier alpha value is -4.14. The van der Waals surface area contributed by atoms with Crippen molar-refractivity contribution in [2.45, 2.75) is 31.6 Å². The van der Waals surface area contributed by atoms with E-state index in [0.717, 1.165) is 11.4 Å². The van der Waals surface area contributed by atoms with E-state index in [9.17, 15) is 40.7 Å². The number of aliphatic carboxylic acids is 2. The van der Waals surface area contributed by atoms with Gasteiger partial charge in [0.1, 0.15) is 24.4 Å². The van der Waals surface area contributed by atoms with Gasteiger partial charge in [-0.05, 0) is 42.9 Å². The summed E-state index contributed by atoms with van der Waals surface area (Å²) in [6, 6.07) is 14.7. The van der Waals surface area contributed by atoms with Crippen LogP contribution in [0.5, 0.6) is 5.75 Å². The molecule has 2 aromatic carbocycles. The average molecular weight is 551 g/mol. The number of halogens is 6. The summed E-state index contributed by atoms with van der Waals surface area (Å²) < 4.78 is 72.3. The minimum atomic E-state index is -4.58. The summed E-state index contributed by atoms with van der Waals surface area (Å²) in [5, 5.41) is 15.7. The first-order chi connectivity index (χ1) is 17.6. The van der Waals surface area contributed by atoms with E-state index in [1.165, 1.54) is 0 Å². The molecule has 0 fully saturated rings. The molecular formula is C23H23F6N3O6. The van der Waals surface area contributed by atoms with E-state index in [2.05, 4.69) is 4.98 Å². The number of para-hydroxylation sites is 1. The minimum Gasteiger partial charge on any atom is -0.497 e. The van der Waals surface area contributed by atoms with Gasteiger partial charge in [-0.3, -0.25) is 19.0 Å². The van der Waals surface area contributed by atoms with Crippen LogP contribution in [0.1, 0.15) is 18.7 Å². The Morgan fingerprint density at radius 2 is 1.42 bits per heavy atom. The number of rotatable bonds is 6. The van der Waals surface area contributed by atoms with Crippen LogP contribution in [0, 0.1) is 0 Å². The molecule has 0 saturated heterocycles. The molecule has 0 atom stereocenters. The van der Waals surface area contributed by atoms with Crippen LogP contribution in [0.15, 0.2) is 53.3 Å². The van der Waals surface area contributed by atoms with Gasteiger partial charge >= 0.3 is 24.3 Å². The lowest BCUT2D eigenvalue weighted by Gasteiger charge is -2.13. The van der Waals surface area contributed by atoms with Gasteiger partial charge in [-0.2, -0.15) is 26.3 Å². The number of carbonyl (C=O) groups is 2. The van der Waals surface area contributed by atoms with Gasteiger partial charge < -0.3 is 20.7 Å². The molecule has 0 amide bonds. The van der Waals surface area contributed by atoms with Crippen LogP contribution in [-0.4, -0.2) is 57.7 Å². The summed E-state index contributed by atoms with van der Waals surface area (Å²) in [6.45, 7) is 0.431. The highest BCUT2D eigenvalue weighted by atomic mass is 19.4. The molecule has 0 aliphatic rings. The second kappa shape index (κ2) is 14.0. The second-order valence-electron chi connectivity index (χ2n) is 7.29. The fourth-order valence-electron chi connectivity index (χ4n) is 2.82. The highest BCUT2D eigenvalue weighted by molar-refractivity contribution is 5.77. The first kappa shape index (κ1) is 31.9. The molecule has 0 aliphatic heterocycles. The maximum absolute atomic E-state index is 12.8. The highest BCUT2D eigenvalue weighted by Gasteiger charge is 2.31. The molecule has 9 nitrogen and oxygen atoms in total. The molecule has 3 rings (SSSR count). The Morgan fingerprint density at radius 1 is 0.921 bits per heavy atom. The molecular weight excluding hydrogens is 528 g/mol. The van der Waals surface area contributed by atoms with Gasteiger partial charge in [-0.15, -0.1) is 0 Å². The van der Waals surface area contributed by atoms with Crippen molar-refractivity contribution in [2.75, 3.05) is 13.7 Å².